The van der Waals surface area contributed by atoms with Crippen LogP contribution in [0.2, 0.25) is 0 Å². The lowest BCUT2D eigenvalue weighted by atomic mass is 10.2. The van der Waals surface area contributed by atoms with Gasteiger partial charge in [0.15, 0.2) is 5.78 Å². The van der Waals surface area contributed by atoms with Gasteiger partial charge >= 0.3 is 0 Å². The molecule has 0 radical (unpaired) electrons. The van der Waals surface area contributed by atoms with Gasteiger partial charge in [-0.05, 0) is 6.07 Å². The van der Waals surface area contributed by atoms with Crippen molar-refractivity contribution in [2.75, 3.05) is 6.54 Å². The van der Waals surface area contributed by atoms with Gasteiger partial charge in [0.2, 0.25) is 10.0 Å². The van der Waals surface area contributed by atoms with Crippen LogP contribution in [0.5, 0.6) is 0 Å². The van der Waals surface area contributed by atoms with Gasteiger partial charge in [-0.15, -0.1) is 0 Å². The Hall–Kier alpha value is -1.14. The molecule has 2 N–H and O–H groups in total. The summed E-state index contributed by atoms with van der Waals surface area (Å²) in [7, 11) is -3.47. The Balaban J connectivity index is 2.67. The van der Waals surface area contributed by atoms with E-state index in [9.17, 15) is 13.2 Å². The lowest BCUT2D eigenvalue weighted by molar-refractivity contribution is 0.0978. The topological polar surface area (TPSA) is 79.0 Å². The first-order valence-corrected chi connectivity index (χ1v) is 5.30. The molecule has 1 aliphatic heterocycles. The zero-order valence-corrected chi connectivity index (χ0v) is 7.52. The zero-order chi connectivity index (χ0) is 9.47. The van der Waals surface area contributed by atoms with Gasteiger partial charge in [0.1, 0.15) is 10.6 Å². The Morgan fingerprint density at radius 2 is 2.15 bits per heavy atom. The van der Waals surface area contributed by atoms with Crippen molar-refractivity contribution in [2.24, 2.45) is 0 Å². The van der Waals surface area contributed by atoms with Crippen LogP contribution in [0.3, 0.4) is 0 Å². The molecule has 0 spiro atoms. The normalized spacial score (nSPS) is 20.8. The summed E-state index contributed by atoms with van der Waals surface area (Å²) >= 11 is 0. The van der Waals surface area contributed by atoms with E-state index in [2.05, 4.69) is 9.71 Å². The fourth-order valence-electron chi connectivity index (χ4n) is 1.30. The number of hydrogen-bond donors (Lipinski definition) is 2. The minimum atomic E-state index is -3.47. The monoisotopic (exact) mass is 200 g/mol. The molecule has 13 heavy (non-hydrogen) atoms. The number of hydrogen-bond acceptors (Lipinski definition) is 3. The highest BCUT2D eigenvalue weighted by atomic mass is 32.2. The Labute approximate surface area is 75.2 Å². The maximum absolute atomic E-state index is 11.4. The van der Waals surface area contributed by atoms with Crippen LogP contribution in [0.4, 0.5) is 0 Å². The summed E-state index contributed by atoms with van der Waals surface area (Å²) in [6, 6.07) is 1.39. The van der Waals surface area contributed by atoms with E-state index in [4.69, 9.17) is 0 Å². The van der Waals surface area contributed by atoms with Gasteiger partial charge in [-0.2, -0.15) is 0 Å². The molecular formula is C7H8N2O3S. The van der Waals surface area contributed by atoms with Crippen molar-refractivity contribution in [1.82, 2.24) is 9.71 Å². The van der Waals surface area contributed by atoms with Crippen LogP contribution in [0.25, 0.3) is 0 Å². The Morgan fingerprint density at radius 1 is 1.38 bits per heavy atom. The van der Waals surface area contributed by atoms with Crippen LogP contribution in [0.15, 0.2) is 17.2 Å². The second-order valence-electron chi connectivity index (χ2n) is 2.79. The van der Waals surface area contributed by atoms with Gasteiger partial charge in [0.05, 0.1) is 0 Å². The third-order valence-corrected chi connectivity index (χ3v) is 3.42. The zero-order valence-electron chi connectivity index (χ0n) is 6.70. The molecule has 0 aliphatic carbocycles. The number of sulfonamides is 1. The average molecular weight is 200 g/mol. The van der Waals surface area contributed by atoms with Crippen molar-refractivity contribution in [3.8, 4) is 0 Å². The van der Waals surface area contributed by atoms with Gasteiger partial charge < -0.3 is 4.98 Å². The first-order chi connectivity index (χ1) is 6.11. The fraction of sp³-hybridized carbons (Fsp3) is 0.286. The van der Waals surface area contributed by atoms with E-state index in [1.165, 1.54) is 12.3 Å². The van der Waals surface area contributed by atoms with Crippen LogP contribution in [0, 0.1) is 0 Å². The third-order valence-electron chi connectivity index (χ3n) is 1.92. The third kappa shape index (κ3) is 1.27. The number of aromatic amines is 1. The van der Waals surface area contributed by atoms with E-state index in [1.54, 1.807) is 0 Å². The summed E-state index contributed by atoms with van der Waals surface area (Å²) in [5.74, 6) is -0.173. The summed E-state index contributed by atoms with van der Waals surface area (Å²) in [6.07, 6.45) is 1.65. The fourth-order valence-corrected chi connectivity index (χ4v) is 2.51. The highest BCUT2D eigenvalue weighted by Gasteiger charge is 2.26. The van der Waals surface area contributed by atoms with Crippen LogP contribution in [0.1, 0.15) is 16.9 Å². The minimum absolute atomic E-state index is 0.0509. The molecule has 2 rings (SSSR count). The molecule has 0 aromatic carbocycles. The van der Waals surface area contributed by atoms with E-state index in [0.717, 1.165) is 0 Å². The van der Waals surface area contributed by atoms with Crippen molar-refractivity contribution < 1.29 is 13.2 Å². The molecule has 0 amide bonds. The second-order valence-corrected chi connectivity index (χ2v) is 4.52. The number of Topliss-reactive ketones (excluding diaryl/α,β-unsaturated/α-hetero) is 1. The largest absolute Gasteiger partial charge is 0.358 e. The Kier molecular flexibility index (Phi) is 1.74. The average Bonchev–Trinajstić information content (AvgIpc) is 2.48. The maximum Gasteiger partial charge on any atom is 0.242 e. The van der Waals surface area contributed by atoms with E-state index in [0.29, 0.717) is 0 Å². The standard InChI is InChI=1S/C7H8N2O3S/c10-5-1-4-9-13(11,12)6-2-3-8-7(5)6/h2-3,8-9H,1,4H2. The summed E-state index contributed by atoms with van der Waals surface area (Å²) in [5.41, 5.74) is 0.185. The number of fused-ring (bicyclic) bond motifs is 1. The lowest BCUT2D eigenvalue weighted by Gasteiger charge is -1.98. The van der Waals surface area contributed by atoms with Gasteiger partial charge in [-0.1, -0.05) is 0 Å². The van der Waals surface area contributed by atoms with Gasteiger partial charge in [-0.25, -0.2) is 13.1 Å². The SMILES string of the molecule is O=C1CCNS(=O)(=O)c2cc[nH]c21. The maximum atomic E-state index is 11.4. The Morgan fingerprint density at radius 3 is 2.92 bits per heavy atom. The number of nitrogens with one attached hydrogen (secondary N) is 2. The minimum Gasteiger partial charge on any atom is -0.358 e. The van der Waals surface area contributed by atoms with E-state index in [-0.39, 0.29) is 29.3 Å². The molecule has 1 aromatic heterocycles. The first-order valence-electron chi connectivity index (χ1n) is 3.81. The predicted octanol–water partition coefficient (Wildman–Crippen LogP) is -0.121. The molecule has 0 atom stereocenters. The molecule has 0 unspecified atom stereocenters. The lowest BCUT2D eigenvalue weighted by Crippen LogP contribution is -2.22. The molecule has 2 heterocycles. The molecule has 0 saturated heterocycles. The number of aromatic nitrogens is 1. The van der Waals surface area contributed by atoms with Gasteiger partial charge in [-0.3, -0.25) is 4.79 Å². The van der Waals surface area contributed by atoms with Crippen molar-refractivity contribution in [1.29, 1.82) is 0 Å². The van der Waals surface area contributed by atoms with Crippen molar-refractivity contribution >= 4 is 15.8 Å². The second kappa shape index (κ2) is 2.68. The molecule has 1 aliphatic rings. The summed E-state index contributed by atoms with van der Waals surface area (Å²) < 4.78 is 25.2. The van der Waals surface area contributed by atoms with Crippen LogP contribution in [-0.4, -0.2) is 25.7 Å². The molecule has 70 valence electrons. The van der Waals surface area contributed by atoms with Gasteiger partial charge in [0.25, 0.3) is 0 Å². The van der Waals surface area contributed by atoms with Crippen LogP contribution >= 0.6 is 0 Å². The van der Waals surface area contributed by atoms with Crippen molar-refractivity contribution in [3.05, 3.63) is 18.0 Å². The summed E-state index contributed by atoms with van der Waals surface area (Å²) in [5, 5.41) is 0. The van der Waals surface area contributed by atoms with Crippen molar-refractivity contribution in [3.63, 3.8) is 0 Å². The molecule has 0 bridgehead atoms. The smallest absolute Gasteiger partial charge is 0.242 e. The first kappa shape index (κ1) is 8.46. The summed E-state index contributed by atoms with van der Waals surface area (Å²) in [4.78, 5) is 14.0. The molecular weight excluding hydrogens is 192 g/mol. The predicted molar refractivity (Wildman–Crippen MR) is 44.9 cm³/mol. The molecule has 0 fully saturated rings. The highest BCUT2D eigenvalue weighted by molar-refractivity contribution is 7.89. The molecule has 5 nitrogen and oxygen atoms in total. The van der Waals surface area contributed by atoms with E-state index >= 15 is 0 Å². The molecule has 0 saturated carbocycles. The van der Waals surface area contributed by atoms with E-state index in [1.807, 2.05) is 0 Å². The van der Waals surface area contributed by atoms with Gasteiger partial charge in [0, 0.05) is 19.2 Å². The number of ketones is 1. The number of H-pyrrole nitrogens is 1. The molecule has 6 heteroatoms. The number of rotatable bonds is 0. The Bertz CT molecular complexity index is 446. The summed E-state index contributed by atoms with van der Waals surface area (Å²) in [6.45, 7) is 0.170. The number of carbonyl (C=O) groups excluding carboxylic acids is 1. The highest BCUT2D eigenvalue weighted by Crippen LogP contribution is 2.17. The van der Waals surface area contributed by atoms with Crippen LogP contribution < -0.4 is 4.72 Å². The quantitative estimate of drug-likeness (QED) is 0.612. The van der Waals surface area contributed by atoms with Crippen LogP contribution in [-0.2, 0) is 10.0 Å². The van der Waals surface area contributed by atoms with Crippen molar-refractivity contribution in [2.45, 2.75) is 11.3 Å². The van der Waals surface area contributed by atoms with E-state index < -0.39 is 10.0 Å². The number of carbonyl (C=O) groups is 1. The molecule has 1 aromatic rings.